The maximum atomic E-state index is 11.9. The molecular weight excluding hydrogens is 340 g/mol. The van der Waals surface area contributed by atoms with E-state index < -0.39 is 6.10 Å². The van der Waals surface area contributed by atoms with Crippen LogP contribution in [0.2, 0.25) is 5.02 Å². The molecule has 0 spiro atoms. The van der Waals surface area contributed by atoms with Crippen molar-refractivity contribution in [1.29, 1.82) is 0 Å². The van der Waals surface area contributed by atoms with Crippen molar-refractivity contribution >= 4 is 17.4 Å². The molecule has 1 aliphatic rings. The number of carbonyl (C=O) groups excluding carboxylic acids is 1. The molecule has 0 radical (unpaired) electrons. The van der Waals surface area contributed by atoms with Crippen LogP contribution in [0.1, 0.15) is 35.6 Å². The number of hydrogen-bond donors (Lipinski definition) is 1. The van der Waals surface area contributed by atoms with Crippen LogP contribution in [0.4, 0.5) is 0 Å². The fraction of sp³-hybridized carbons (Fsp3) is 0.350. The van der Waals surface area contributed by atoms with Gasteiger partial charge in [-0.2, -0.15) is 0 Å². The molecule has 0 aromatic heterocycles. The number of ketones is 1. The van der Waals surface area contributed by atoms with Crippen LogP contribution in [0, 0.1) is 0 Å². The number of Topliss-reactive ketones (excluding diaryl/α,β-unsaturated/α-hetero) is 1. The molecule has 132 valence electrons. The van der Waals surface area contributed by atoms with E-state index in [-0.39, 0.29) is 24.9 Å². The van der Waals surface area contributed by atoms with Crippen molar-refractivity contribution in [2.75, 3.05) is 13.7 Å². The maximum Gasteiger partial charge on any atom is 0.138 e. The Morgan fingerprint density at radius 2 is 1.96 bits per heavy atom. The summed E-state index contributed by atoms with van der Waals surface area (Å²) in [5.74, 6) is 0.926. The fourth-order valence-electron chi connectivity index (χ4n) is 3.07. The minimum Gasteiger partial charge on any atom is -0.497 e. The third kappa shape index (κ3) is 4.40. The first-order chi connectivity index (χ1) is 12.1. The summed E-state index contributed by atoms with van der Waals surface area (Å²) in [6.45, 7) is -0.144. The van der Waals surface area contributed by atoms with E-state index in [2.05, 4.69) is 0 Å². The number of methoxy groups -OCH3 is 1. The highest BCUT2D eigenvalue weighted by atomic mass is 35.5. The van der Waals surface area contributed by atoms with Crippen molar-refractivity contribution in [3.05, 3.63) is 64.2 Å². The van der Waals surface area contributed by atoms with Crippen LogP contribution in [-0.4, -0.2) is 30.7 Å². The lowest BCUT2D eigenvalue weighted by molar-refractivity contribution is -0.139. The number of benzene rings is 2. The Hall–Kier alpha value is -1.88. The molecule has 0 bridgehead atoms. The third-order valence-corrected chi connectivity index (χ3v) is 4.79. The second-order valence-corrected chi connectivity index (χ2v) is 6.66. The molecule has 25 heavy (non-hydrogen) atoms. The number of aliphatic hydroxyl groups excluding tert-OH is 1. The van der Waals surface area contributed by atoms with E-state index in [9.17, 15) is 9.90 Å². The lowest BCUT2D eigenvalue weighted by atomic mass is 9.95. The van der Waals surface area contributed by atoms with Gasteiger partial charge in [-0.25, -0.2) is 0 Å². The summed E-state index contributed by atoms with van der Waals surface area (Å²) in [6.07, 6.45) is 0.539. The zero-order valence-corrected chi connectivity index (χ0v) is 14.8. The quantitative estimate of drug-likeness (QED) is 0.882. The molecule has 2 unspecified atom stereocenters. The smallest absolute Gasteiger partial charge is 0.138 e. The zero-order valence-electron chi connectivity index (χ0n) is 14.1. The number of rotatable bonds is 5. The van der Waals surface area contributed by atoms with Gasteiger partial charge in [-0.15, -0.1) is 0 Å². The minimum absolute atomic E-state index is 0.113. The largest absolute Gasteiger partial charge is 0.497 e. The van der Waals surface area contributed by atoms with Crippen LogP contribution in [0.25, 0.3) is 0 Å². The van der Waals surface area contributed by atoms with Gasteiger partial charge in [0.05, 0.1) is 25.9 Å². The lowest BCUT2D eigenvalue weighted by Gasteiger charge is -2.28. The van der Waals surface area contributed by atoms with Gasteiger partial charge in [-0.05, 0) is 41.3 Å². The Bertz CT molecular complexity index is 742. The van der Waals surface area contributed by atoms with E-state index in [0.717, 1.165) is 22.4 Å². The highest BCUT2D eigenvalue weighted by Gasteiger charge is 2.28. The van der Waals surface area contributed by atoms with Gasteiger partial charge in [0, 0.05) is 17.9 Å². The van der Waals surface area contributed by atoms with E-state index in [1.54, 1.807) is 7.11 Å². The third-order valence-electron chi connectivity index (χ3n) is 4.42. The fourth-order valence-corrected chi connectivity index (χ4v) is 3.25. The molecule has 1 aliphatic heterocycles. The summed E-state index contributed by atoms with van der Waals surface area (Å²) >= 11 is 6.36. The Morgan fingerprint density at radius 1 is 1.20 bits per heavy atom. The van der Waals surface area contributed by atoms with Crippen LogP contribution < -0.4 is 4.74 Å². The molecule has 1 fully saturated rings. The highest BCUT2D eigenvalue weighted by molar-refractivity contribution is 6.31. The average Bonchev–Trinajstić information content (AvgIpc) is 2.63. The Balaban J connectivity index is 1.81. The minimum atomic E-state index is -0.424. The molecule has 2 aromatic rings. The van der Waals surface area contributed by atoms with Gasteiger partial charge in [-0.3, -0.25) is 4.79 Å². The first-order valence-corrected chi connectivity index (χ1v) is 8.66. The second kappa shape index (κ2) is 8.00. The van der Waals surface area contributed by atoms with Gasteiger partial charge < -0.3 is 14.6 Å². The molecule has 0 amide bonds. The summed E-state index contributed by atoms with van der Waals surface area (Å²) in [5.41, 5.74) is 3.01. The van der Waals surface area contributed by atoms with Crippen LogP contribution in [0.5, 0.6) is 5.75 Å². The van der Waals surface area contributed by atoms with E-state index in [1.807, 2.05) is 42.5 Å². The van der Waals surface area contributed by atoms with Crippen molar-refractivity contribution in [2.45, 2.75) is 31.5 Å². The van der Waals surface area contributed by atoms with Crippen LogP contribution in [0.15, 0.2) is 42.5 Å². The van der Waals surface area contributed by atoms with Crippen molar-refractivity contribution in [1.82, 2.24) is 0 Å². The van der Waals surface area contributed by atoms with E-state index in [1.165, 1.54) is 0 Å². The van der Waals surface area contributed by atoms with E-state index in [4.69, 9.17) is 21.1 Å². The van der Waals surface area contributed by atoms with Crippen molar-refractivity contribution in [2.24, 2.45) is 0 Å². The number of halogens is 1. The molecule has 5 heteroatoms. The van der Waals surface area contributed by atoms with Gasteiger partial charge in [0.1, 0.15) is 11.5 Å². The monoisotopic (exact) mass is 360 g/mol. The number of aliphatic hydroxyl groups is 1. The second-order valence-electron chi connectivity index (χ2n) is 6.25. The van der Waals surface area contributed by atoms with Crippen LogP contribution >= 0.6 is 11.6 Å². The predicted octanol–water partition coefficient (Wildman–Crippen LogP) is 3.72. The summed E-state index contributed by atoms with van der Waals surface area (Å²) < 4.78 is 11.0. The molecular formula is C20H21ClO4. The van der Waals surface area contributed by atoms with Crippen LogP contribution in [0.3, 0.4) is 0 Å². The summed E-state index contributed by atoms with van der Waals surface area (Å²) in [4.78, 5) is 11.9. The van der Waals surface area contributed by atoms with Gasteiger partial charge in [0.2, 0.25) is 0 Å². The van der Waals surface area contributed by atoms with Crippen molar-refractivity contribution in [3.8, 4) is 5.75 Å². The zero-order chi connectivity index (χ0) is 17.8. The lowest BCUT2D eigenvalue weighted by Crippen LogP contribution is -2.30. The normalized spacial score (nSPS) is 20.5. The highest BCUT2D eigenvalue weighted by Crippen LogP contribution is 2.32. The SMILES string of the molecule is COc1ccc(Cc2cc(C3CC(=O)CC(CO)O3)ccc2Cl)cc1. The van der Waals surface area contributed by atoms with Gasteiger partial charge in [0.25, 0.3) is 0 Å². The molecule has 4 nitrogen and oxygen atoms in total. The molecule has 1 saturated heterocycles. The molecule has 1 N–H and O–H groups in total. The Kier molecular flexibility index (Phi) is 5.74. The van der Waals surface area contributed by atoms with E-state index in [0.29, 0.717) is 17.9 Å². The number of carbonyl (C=O) groups is 1. The van der Waals surface area contributed by atoms with Gasteiger partial charge in [-0.1, -0.05) is 35.9 Å². The van der Waals surface area contributed by atoms with Gasteiger partial charge in [0.15, 0.2) is 0 Å². The number of ether oxygens (including phenoxy) is 2. The standard InChI is InChI=1S/C20H21ClO4/c1-24-17-5-2-13(3-6-17)8-15-9-14(4-7-19(15)21)20-11-16(23)10-18(12-22)25-20/h2-7,9,18,20,22H,8,10-12H2,1H3. The molecule has 3 rings (SSSR count). The summed E-state index contributed by atoms with van der Waals surface area (Å²) in [6, 6.07) is 13.6. The number of hydrogen-bond acceptors (Lipinski definition) is 4. The summed E-state index contributed by atoms with van der Waals surface area (Å²) in [7, 11) is 1.64. The summed E-state index contributed by atoms with van der Waals surface area (Å²) in [5, 5.41) is 9.98. The predicted molar refractivity (Wildman–Crippen MR) is 96.2 cm³/mol. The Morgan fingerprint density at radius 3 is 2.64 bits per heavy atom. The van der Waals surface area contributed by atoms with Crippen molar-refractivity contribution in [3.63, 3.8) is 0 Å². The van der Waals surface area contributed by atoms with Gasteiger partial charge >= 0.3 is 0 Å². The molecule has 1 heterocycles. The topological polar surface area (TPSA) is 55.8 Å². The first-order valence-electron chi connectivity index (χ1n) is 8.28. The molecule has 0 saturated carbocycles. The Labute approximate surface area is 152 Å². The molecule has 2 atom stereocenters. The average molecular weight is 361 g/mol. The van der Waals surface area contributed by atoms with Crippen molar-refractivity contribution < 1.29 is 19.4 Å². The molecule has 0 aliphatic carbocycles. The van der Waals surface area contributed by atoms with Crippen LogP contribution in [-0.2, 0) is 16.0 Å². The first kappa shape index (κ1) is 17.9. The maximum absolute atomic E-state index is 11.9. The molecule has 2 aromatic carbocycles. The van der Waals surface area contributed by atoms with E-state index >= 15 is 0 Å².